The van der Waals surface area contributed by atoms with E-state index in [1.165, 1.54) is 5.57 Å². The van der Waals surface area contributed by atoms with Crippen molar-refractivity contribution in [2.45, 2.75) is 32.8 Å². The molecule has 1 saturated heterocycles. The number of nitrogens with zero attached hydrogens (tertiary/aromatic N) is 4. The molecule has 0 spiro atoms. The van der Waals surface area contributed by atoms with Gasteiger partial charge < -0.3 is 19.3 Å². The molecule has 0 aliphatic carbocycles. The van der Waals surface area contributed by atoms with Crippen LogP contribution in [0.15, 0.2) is 42.7 Å². The van der Waals surface area contributed by atoms with Crippen molar-refractivity contribution < 1.29 is 19.1 Å². The molecule has 194 valence electrons. The van der Waals surface area contributed by atoms with Crippen LogP contribution in [-0.2, 0) is 9.47 Å². The van der Waals surface area contributed by atoms with Crippen molar-refractivity contribution >= 4 is 44.9 Å². The van der Waals surface area contributed by atoms with E-state index in [1.54, 1.807) is 17.7 Å². The van der Waals surface area contributed by atoms with Crippen LogP contribution in [0.25, 0.3) is 27.0 Å². The van der Waals surface area contributed by atoms with Crippen LogP contribution in [0.4, 0.5) is 15.3 Å². The minimum Gasteiger partial charge on any atom is -0.444 e. The van der Waals surface area contributed by atoms with E-state index >= 15 is 0 Å². The van der Waals surface area contributed by atoms with Gasteiger partial charge in [-0.25, -0.2) is 19.6 Å². The lowest BCUT2D eigenvalue weighted by atomic mass is 10.1. The molecule has 0 saturated carbocycles. The van der Waals surface area contributed by atoms with Gasteiger partial charge in [0.1, 0.15) is 11.9 Å². The summed E-state index contributed by atoms with van der Waals surface area (Å²) in [7, 11) is 0. The van der Waals surface area contributed by atoms with E-state index in [4.69, 9.17) is 9.47 Å². The fourth-order valence-electron chi connectivity index (χ4n) is 4.37. The Bertz CT molecular complexity index is 1320. The van der Waals surface area contributed by atoms with E-state index in [1.807, 2.05) is 54.8 Å². The Hall–Kier alpha value is -3.50. The summed E-state index contributed by atoms with van der Waals surface area (Å²) in [6.45, 7) is 9.31. The molecule has 2 aromatic heterocycles. The standard InChI is InChI=1S/C27H31N5O4S/c1-27(2,3)36-25(33)30-20-6-4-19(5-7-20)23-24-21(28-17-29-23)16-22(37-24)18-8-10-31(11-9-18)26(34)32-12-14-35-15-13-32/h4-8,16-17H,9-15H2,1-3H3,(H,30,33). The third kappa shape index (κ3) is 5.91. The van der Waals surface area contributed by atoms with E-state index in [0.717, 1.165) is 32.8 Å². The Morgan fingerprint density at radius 2 is 1.81 bits per heavy atom. The number of nitrogens with one attached hydrogen (secondary N) is 1. The second-order valence-corrected chi connectivity index (χ2v) is 11.1. The Kier molecular flexibility index (Phi) is 7.12. The maximum Gasteiger partial charge on any atom is 0.412 e. The first-order chi connectivity index (χ1) is 17.8. The molecule has 37 heavy (non-hydrogen) atoms. The van der Waals surface area contributed by atoms with Gasteiger partial charge >= 0.3 is 12.1 Å². The van der Waals surface area contributed by atoms with Crippen LogP contribution in [0.5, 0.6) is 0 Å². The number of hydrogen-bond acceptors (Lipinski definition) is 7. The number of rotatable bonds is 3. The highest BCUT2D eigenvalue weighted by Gasteiger charge is 2.25. The van der Waals surface area contributed by atoms with Crippen LogP contribution in [0.1, 0.15) is 32.1 Å². The molecule has 4 heterocycles. The van der Waals surface area contributed by atoms with Gasteiger partial charge in [0.05, 0.1) is 29.1 Å². The lowest BCUT2D eigenvalue weighted by Gasteiger charge is -2.34. The summed E-state index contributed by atoms with van der Waals surface area (Å²) >= 11 is 1.67. The fraction of sp³-hybridized carbons (Fsp3) is 0.407. The van der Waals surface area contributed by atoms with Gasteiger partial charge in [0.2, 0.25) is 0 Å². The van der Waals surface area contributed by atoms with Crippen LogP contribution < -0.4 is 5.32 Å². The number of amides is 3. The molecule has 1 fully saturated rings. The van der Waals surface area contributed by atoms with Crippen molar-refractivity contribution in [2.24, 2.45) is 0 Å². The Morgan fingerprint density at radius 3 is 2.49 bits per heavy atom. The average molecular weight is 522 g/mol. The zero-order valence-electron chi connectivity index (χ0n) is 21.3. The summed E-state index contributed by atoms with van der Waals surface area (Å²) in [5.41, 5.74) is 4.02. The molecule has 3 amide bonds. The first-order valence-electron chi connectivity index (χ1n) is 12.4. The maximum absolute atomic E-state index is 12.8. The molecule has 0 atom stereocenters. The molecular weight excluding hydrogens is 490 g/mol. The van der Waals surface area contributed by atoms with Crippen LogP contribution >= 0.6 is 11.3 Å². The summed E-state index contributed by atoms with van der Waals surface area (Å²) < 4.78 is 11.7. The van der Waals surface area contributed by atoms with Crippen molar-refractivity contribution in [3.05, 3.63) is 47.6 Å². The smallest absolute Gasteiger partial charge is 0.412 e. The van der Waals surface area contributed by atoms with Crippen LogP contribution in [0.2, 0.25) is 0 Å². The molecular formula is C27H31N5O4S. The summed E-state index contributed by atoms with van der Waals surface area (Å²) in [6, 6.07) is 9.74. The normalized spacial score (nSPS) is 16.5. The molecule has 9 nitrogen and oxygen atoms in total. The lowest BCUT2D eigenvalue weighted by molar-refractivity contribution is 0.0441. The summed E-state index contributed by atoms with van der Waals surface area (Å²) in [5.74, 6) is 0. The largest absolute Gasteiger partial charge is 0.444 e. The molecule has 1 N–H and O–H groups in total. The number of ether oxygens (including phenoxy) is 2. The summed E-state index contributed by atoms with van der Waals surface area (Å²) in [6.07, 6.45) is 4.05. The minimum absolute atomic E-state index is 0.0905. The van der Waals surface area contributed by atoms with Crippen molar-refractivity contribution in [1.29, 1.82) is 0 Å². The van der Waals surface area contributed by atoms with Gasteiger partial charge in [0.15, 0.2) is 0 Å². The molecule has 5 rings (SSSR count). The van der Waals surface area contributed by atoms with Crippen molar-refractivity contribution in [2.75, 3.05) is 44.7 Å². The number of thiophene rings is 1. The second kappa shape index (κ2) is 10.5. The molecule has 1 aromatic carbocycles. The SMILES string of the molecule is CC(C)(C)OC(=O)Nc1ccc(-c2ncnc3cc(C4=CCN(C(=O)N5CCOCC5)CC4)sc23)cc1. The van der Waals surface area contributed by atoms with E-state index < -0.39 is 11.7 Å². The third-order valence-electron chi connectivity index (χ3n) is 6.19. The number of anilines is 1. The van der Waals surface area contributed by atoms with Crippen molar-refractivity contribution in [1.82, 2.24) is 19.8 Å². The number of morpholine rings is 1. The molecule has 3 aromatic rings. The minimum atomic E-state index is -0.558. The predicted molar refractivity (Wildman–Crippen MR) is 145 cm³/mol. The quantitative estimate of drug-likeness (QED) is 0.506. The number of hydrogen-bond donors (Lipinski definition) is 1. The average Bonchev–Trinajstić information content (AvgIpc) is 3.33. The number of carbonyl (C=O) groups is 2. The fourth-order valence-corrected chi connectivity index (χ4v) is 5.56. The monoisotopic (exact) mass is 521 g/mol. The van der Waals surface area contributed by atoms with Gasteiger partial charge in [-0.15, -0.1) is 11.3 Å². The van der Waals surface area contributed by atoms with Gasteiger partial charge in [0, 0.05) is 42.3 Å². The molecule has 2 aliphatic heterocycles. The lowest BCUT2D eigenvalue weighted by Crippen LogP contribution is -2.49. The van der Waals surface area contributed by atoms with Gasteiger partial charge in [-0.05, 0) is 51.0 Å². The zero-order chi connectivity index (χ0) is 26.0. The van der Waals surface area contributed by atoms with E-state index in [-0.39, 0.29) is 6.03 Å². The number of benzene rings is 1. The Labute approximate surface area is 220 Å². The number of fused-ring (bicyclic) bond motifs is 1. The van der Waals surface area contributed by atoms with Crippen LogP contribution in [-0.4, -0.2) is 76.9 Å². The topological polar surface area (TPSA) is 96.9 Å². The van der Waals surface area contributed by atoms with Crippen molar-refractivity contribution in [3.63, 3.8) is 0 Å². The molecule has 10 heteroatoms. The molecule has 0 unspecified atom stereocenters. The Balaban J connectivity index is 1.30. The van der Waals surface area contributed by atoms with Crippen molar-refractivity contribution in [3.8, 4) is 11.3 Å². The van der Waals surface area contributed by atoms with Gasteiger partial charge in [-0.3, -0.25) is 5.32 Å². The summed E-state index contributed by atoms with van der Waals surface area (Å²) in [5, 5.41) is 2.76. The first-order valence-corrected chi connectivity index (χ1v) is 13.2. The third-order valence-corrected chi connectivity index (χ3v) is 7.40. The highest BCUT2D eigenvalue weighted by Crippen LogP contribution is 2.37. The summed E-state index contributed by atoms with van der Waals surface area (Å²) in [4.78, 5) is 38.8. The highest BCUT2D eigenvalue weighted by atomic mass is 32.1. The van der Waals surface area contributed by atoms with E-state index in [9.17, 15) is 9.59 Å². The highest BCUT2D eigenvalue weighted by molar-refractivity contribution is 7.20. The second-order valence-electron chi connectivity index (χ2n) is 10.1. The zero-order valence-corrected chi connectivity index (χ0v) is 22.1. The van der Waals surface area contributed by atoms with E-state index in [2.05, 4.69) is 27.4 Å². The molecule has 0 radical (unpaired) electrons. The maximum atomic E-state index is 12.8. The first kappa shape index (κ1) is 25.2. The van der Waals surface area contributed by atoms with Gasteiger partial charge in [-0.1, -0.05) is 18.2 Å². The number of aromatic nitrogens is 2. The van der Waals surface area contributed by atoms with Crippen LogP contribution in [0.3, 0.4) is 0 Å². The molecule has 0 bridgehead atoms. The van der Waals surface area contributed by atoms with E-state index in [0.29, 0.717) is 45.1 Å². The Morgan fingerprint density at radius 1 is 1.05 bits per heavy atom. The van der Waals surface area contributed by atoms with Gasteiger partial charge in [0.25, 0.3) is 0 Å². The van der Waals surface area contributed by atoms with Gasteiger partial charge in [-0.2, -0.15) is 0 Å². The number of urea groups is 1. The number of carbonyl (C=O) groups excluding carboxylic acids is 2. The van der Waals surface area contributed by atoms with Crippen LogP contribution in [0, 0.1) is 0 Å². The predicted octanol–water partition coefficient (Wildman–Crippen LogP) is 5.25. The molecule has 2 aliphatic rings.